The van der Waals surface area contributed by atoms with Crippen molar-refractivity contribution < 1.29 is 14.6 Å². The molecule has 1 aromatic carbocycles. The van der Waals surface area contributed by atoms with Gasteiger partial charge in [0.05, 0.1) is 5.56 Å². The first-order chi connectivity index (χ1) is 9.49. The Kier molecular flexibility index (Phi) is 6.57. The van der Waals surface area contributed by atoms with Crippen molar-refractivity contribution in [3.63, 3.8) is 0 Å². The van der Waals surface area contributed by atoms with Gasteiger partial charge in [-0.2, -0.15) is 0 Å². The highest BCUT2D eigenvalue weighted by atomic mass is 16.5. The summed E-state index contributed by atoms with van der Waals surface area (Å²) >= 11 is 0. The summed E-state index contributed by atoms with van der Waals surface area (Å²) in [5.74, 6) is -0.241. The van der Waals surface area contributed by atoms with E-state index < -0.39 is 0 Å². The van der Waals surface area contributed by atoms with E-state index in [0.717, 1.165) is 12.8 Å². The van der Waals surface area contributed by atoms with E-state index in [2.05, 4.69) is 19.9 Å². The minimum atomic E-state index is -0.377. The van der Waals surface area contributed by atoms with Crippen LogP contribution in [0.15, 0.2) is 47.6 Å². The highest BCUT2D eigenvalue weighted by molar-refractivity contribution is 5.89. The quantitative estimate of drug-likeness (QED) is 0.623. The highest BCUT2D eigenvalue weighted by Gasteiger charge is 2.05. The second-order valence-electron chi connectivity index (χ2n) is 5.02. The van der Waals surface area contributed by atoms with Crippen molar-refractivity contribution in [2.24, 2.45) is 0 Å². The topological polar surface area (TPSA) is 46.5 Å². The molecule has 1 N–H and O–H groups in total. The van der Waals surface area contributed by atoms with Crippen molar-refractivity contribution in [2.45, 2.75) is 33.6 Å². The largest absolute Gasteiger partial charge is 0.508 e. The van der Waals surface area contributed by atoms with Crippen molar-refractivity contribution in [3.05, 3.63) is 53.1 Å². The third-order valence-electron chi connectivity index (χ3n) is 2.84. The van der Waals surface area contributed by atoms with E-state index >= 15 is 0 Å². The molecule has 0 radical (unpaired) electrons. The number of ether oxygens (including phenoxy) is 1. The van der Waals surface area contributed by atoms with Crippen molar-refractivity contribution in [1.29, 1.82) is 0 Å². The number of phenolic OH excluding ortho intramolecular Hbond substituents is 1. The zero-order chi connectivity index (χ0) is 15.0. The molecule has 0 aromatic heterocycles. The average Bonchev–Trinajstić information content (AvgIpc) is 2.39. The summed E-state index contributed by atoms with van der Waals surface area (Å²) < 4.78 is 5.15. The molecular weight excluding hydrogens is 252 g/mol. The SMILES string of the molecule is CC(C)=CCC/C(C)=C/COC(=O)c1ccc(O)cc1. The van der Waals surface area contributed by atoms with Crippen LogP contribution in [0.1, 0.15) is 44.0 Å². The zero-order valence-electron chi connectivity index (χ0n) is 12.3. The number of hydrogen-bond acceptors (Lipinski definition) is 3. The highest BCUT2D eigenvalue weighted by Crippen LogP contribution is 2.11. The Bertz CT molecular complexity index is 491. The molecule has 0 saturated heterocycles. The van der Waals surface area contributed by atoms with Crippen molar-refractivity contribution in [1.82, 2.24) is 0 Å². The predicted molar refractivity (Wildman–Crippen MR) is 80.8 cm³/mol. The molecule has 108 valence electrons. The van der Waals surface area contributed by atoms with E-state index in [1.807, 2.05) is 13.0 Å². The Labute approximate surface area is 120 Å². The number of rotatable bonds is 6. The summed E-state index contributed by atoms with van der Waals surface area (Å²) in [6.07, 6.45) is 6.11. The van der Waals surface area contributed by atoms with Gasteiger partial charge in [-0.25, -0.2) is 4.79 Å². The number of carbonyl (C=O) groups is 1. The number of aromatic hydroxyl groups is 1. The van der Waals surface area contributed by atoms with Gasteiger partial charge in [-0.05, 0) is 64.0 Å². The van der Waals surface area contributed by atoms with Gasteiger partial charge < -0.3 is 9.84 Å². The van der Waals surface area contributed by atoms with Gasteiger partial charge in [0.1, 0.15) is 12.4 Å². The molecule has 1 rings (SSSR count). The number of benzene rings is 1. The Morgan fingerprint density at radius 2 is 1.80 bits per heavy atom. The van der Waals surface area contributed by atoms with Gasteiger partial charge in [0.15, 0.2) is 0 Å². The fraction of sp³-hybridized carbons (Fsp3) is 0.353. The van der Waals surface area contributed by atoms with E-state index in [4.69, 9.17) is 9.84 Å². The Morgan fingerprint density at radius 1 is 1.15 bits per heavy atom. The van der Waals surface area contributed by atoms with Crippen LogP contribution < -0.4 is 0 Å². The summed E-state index contributed by atoms with van der Waals surface area (Å²) in [7, 11) is 0. The average molecular weight is 274 g/mol. The molecule has 0 unspecified atom stereocenters. The van der Waals surface area contributed by atoms with E-state index in [9.17, 15) is 4.79 Å². The Morgan fingerprint density at radius 3 is 2.40 bits per heavy atom. The number of esters is 1. The molecular formula is C17H22O3. The molecule has 0 fully saturated rings. The molecule has 3 nitrogen and oxygen atoms in total. The molecule has 0 aliphatic rings. The molecule has 1 aromatic rings. The Hall–Kier alpha value is -2.03. The first kappa shape index (κ1) is 16.0. The molecule has 3 heteroatoms. The number of hydrogen-bond donors (Lipinski definition) is 1. The van der Waals surface area contributed by atoms with Gasteiger partial charge in [-0.15, -0.1) is 0 Å². The first-order valence-corrected chi connectivity index (χ1v) is 6.74. The van der Waals surface area contributed by atoms with E-state index in [-0.39, 0.29) is 18.3 Å². The van der Waals surface area contributed by atoms with E-state index in [0.29, 0.717) is 5.56 Å². The molecule has 0 atom stereocenters. The van der Waals surface area contributed by atoms with Gasteiger partial charge in [0.2, 0.25) is 0 Å². The van der Waals surface area contributed by atoms with Crippen LogP contribution in [0.5, 0.6) is 5.75 Å². The second kappa shape index (κ2) is 8.20. The molecule has 0 amide bonds. The predicted octanol–water partition coefficient (Wildman–Crippen LogP) is 4.24. The summed E-state index contributed by atoms with van der Waals surface area (Å²) in [5, 5.41) is 9.14. The van der Waals surface area contributed by atoms with E-state index in [1.165, 1.54) is 23.3 Å². The van der Waals surface area contributed by atoms with Gasteiger partial charge in [-0.1, -0.05) is 17.2 Å². The minimum Gasteiger partial charge on any atom is -0.508 e. The molecule has 0 spiro atoms. The molecule has 0 bridgehead atoms. The van der Waals surface area contributed by atoms with Crippen molar-refractivity contribution in [2.75, 3.05) is 6.61 Å². The van der Waals surface area contributed by atoms with Crippen LogP contribution in [-0.4, -0.2) is 17.7 Å². The van der Waals surface area contributed by atoms with Crippen LogP contribution in [0.4, 0.5) is 0 Å². The third kappa shape index (κ3) is 6.23. The Balaban J connectivity index is 2.37. The number of phenols is 1. The van der Waals surface area contributed by atoms with Crippen LogP contribution in [0.3, 0.4) is 0 Å². The summed E-state index contributed by atoms with van der Waals surface area (Å²) in [4.78, 5) is 11.7. The summed E-state index contributed by atoms with van der Waals surface area (Å²) in [6, 6.07) is 6.03. The minimum absolute atomic E-state index is 0.136. The molecule has 0 heterocycles. The fourth-order valence-electron chi connectivity index (χ4n) is 1.63. The van der Waals surface area contributed by atoms with Crippen LogP contribution in [-0.2, 0) is 4.74 Å². The molecule has 20 heavy (non-hydrogen) atoms. The molecule has 0 aliphatic heterocycles. The van der Waals surface area contributed by atoms with Crippen molar-refractivity contribution in [3.8, 4) is 5.75 Å². The first-order valence-electron chi connectivity index (χ1n) is 6.74. The molecule has 0 saturated carbocycles. The zero-order valence-corrected chi connectivity index (χ0v) is 12.3. The van der Waals surface area contributed by atoms with Crippen molar-refractivity contribution >= 4 is 5.97 Å². The second-order valence-corrected chi connectivity index (χ2v) is 5.02. The maximum Gasteiger partial charge on any atom is 0.338 e. The standard InChI is InChI=1S/C17H22O3/c1-13(2)5-4-6-14(3)11-12-20-17(19)15-7-9-16(18)10-8-15/h5,7-11,18H,4,6,12H2,1-3H3/b14-11+. The van der Waals surface area contributed by atoms with Gasteiger partial charge in [0, 0.05) is 0 Å². The number of allylic oxidation sites excluding steroid dienone is 3. The maximum atomic E-state index is 11.7. The van der Waals surface area contributed by atoms with Crippen LogP contribution in [0.2, 0.25) is 0 Å². The van der Waals surface area contributed by atoms with Gasteiger partial charge in [-0.3, -0.25) is 0 Å². The van der Waals surface area contributed by atoms with Crippen LogP contribution >= 0.6 is 0 Å². The van der Waals surface area contributed by atoms with Gasteiger partial charge >= 0.3 is 5.97 Å². The molecule has 0 aliphatic carbocycles. The van der Waals surface area contributed by atoms with Crippen LogP contribution in [0, 0.1) is 0 Å². The fourth-order valence-corrected chi connectivity index (χ4v) is 1.63. The summed E-state index contributed by atoms with van der Waals surface area (Å²) in [5.41, 5.74) is 2.97. The number of carbonyl (C=O) groups excluding carboxylic acids is 1. The van der Waals surface area contributed by atoms with Crippen LogP contribution in [0.25, 0.3) is 0 Å². The lowest BCUT2D eigenvalue weighted by Gasteiger charge is -2.03. The van der Waals surface area contributed by atoms with Gasteiger partial charge in [0.25, 0.3) is 0 Å². The smallest absolute Gasteiger partial charge is 0.338 e. The third-order valence-corrected chi connectivity index (χ3v) is 2.84. The monoisotopic (exact) mass is 274 g/mol. The maximum absolute atomic E-state index is 11.7. The van der Waals surface area contributed by atoms with E-state index in [1.54, 1.807) is 12.1 Å². The lowest BCUT2D eigenvalue weighted by atomic mass is 10.1. The normalized spacial score (nSPS) is 11.1. The lowest BCUT2D eigenvalue weighted by molar-refractivity contribution is 0.0549. The lowest BCUT2D eigenvalue weighted by Crippen LogP contribution is -2.05. The summed E-state index contributed by atoms with van der Waals surface area (Å²) in [6.45, 7) is 6.48.